The van der Waals surface area contributed by atoms with E-state index >= 15 is 0 Å². The van der Waals surface area contributed by atoms with Crippen LogP contribution >= 0.6 is 0 Å². The number of hydrogen-bond acceptors (Lipinski definition) is 3. The summed E-state index contributed by atoms with van der Waals surface area (Å²) in [5, 5.41) is 0. The van der Waals surface area contributed by atoms with Crippen LogP contribution in [0, 0.1) is 5.82 Å². The fourth-order valence-corrected chi connectivity index (χ4v) is 1.35. The molecule has 1 aromatic carbocycles. The molecule has 0 amide bonds. The summed E-state index contributed by atoms with van der Waals surface area (Å²) in [6, 6.07) is 2.50. The molecule has 5 heteroatoms. The third kappa shape index (κ3) is 2.18. The lowest BCUT2D eigenvalue weighted by molar-refractivity contribution is 0.304. The lowest BCUT2D eigenvalue weighted by atomic mass is 10.1. The predicted molar refractivity (Wildman–Crippen MR) is 52.4 cm³/mol. The number of ether oxygens (including phenoxy) is 2. The Balaban J connectivity index is 3.33. The molecule has 0 saturated heterocycles. The van der Waals surface area contributed by atoms with E-state index in [0.717, 1.165) is 6.07 Å². The molecular weight excluding hydrogens is 204 g/mol. The van der Waals surface area contributed by atoms with Crippen molar-refractivity contribution in [3.8, 4) is 11.5 Å². The van der Waals surface area contributed by atoms with E-state index in [-0.39, 0.29) is 23.6 Å². The van der Waals surface area contributed by atoms with Crippen molar-refractivity contribution in [3.05, 3.63) is 23.5 Å². The molecule has 0 heterocycles. The maximum absolute atomic E-state index is 13.5. The summed E-state index contributed by atoms with van der Waals surface area (Å²) in [6.45, 7) is -0.254. The molecule has 0 aromatic heterocycles. The van der Waals surface area contributed by atoms with Crippen molar-refractivity contribution in [1.29, 1.82) is 0 Å². The van der Waals surface area contributed by atoms with E-state index in [1.807, 2.05) is 0 Å². The second kappa shape index (κ2) is 4.93. The van der Waals surface area contributed by atoms with E-state index in [4.69, 9.17) is 15.2 Å². The molecule has 2 N–H and O–H groups in total. The zero-order chi connectivity index (χ0) is 11.4. The molecule has 0 bridgehead atoms. The molecule has 84 valence electrons. The molecule has 15 heavy (non-hydrogen) atoms. The van der Waals surface area contributed by atoms with Crippen molar-refractivity contribution in [2.75, 3.05) is 20.8 Å². The standard InChI is InChI=1S/C10H13F2NO2/c1-14-8-4-3-6(11)10(15-2)9(8)7(12)5-13/h3-4,7H,5,13H2,1-2H3. The molecule has 0 spiro atoms. The van der Waals surface area contributed by atoms with E-state index in [1.54, 1.807) is 0 Å². The van der Waals surface area contributed by atoms with E-state index in [9.17, 15) is 8.78 Å². The van der Waals surface area contributed by atoms with Gasteiger partial charge in [0, 0.05) is 6.54 Å². The first-order chi connectivity index (χ1) is 7.15. The predicted octanol–water partition coefficient (Wildman–Crippen LogP) is 1.81. The van der Waals surface area contributed by atoms with Crippen LogP contribution < -0.4 is 15.2 Å². The highest BCUT2D eigenvalue weighted by Crippen LogP contribution is 2.37. The van der Waals surface area contributed by atoms with Gasteiger partial charge in [-0.2, -0.15) is 0 Å². The van der Waals surface area contributed by atoms with Gasteiger partial charge < -0.3 is 15.2 Å². The van der Waals surface area contributed by atoms with Crippen LogP contribution in [0.15, 0.2) is 12.1 Å². The van der Waals surface area contributed by atoms with Gasteiger partial charge in [-0.1, -0.05) is 0 Å². The van der Waals surface area contributed by atoms with Gasteiger partial charge in [-0.15, -0.1) is 0 Å². The second-order valence-corrected chi connectivity index (χ2v) is 2.90. The van der Waals surface area contributed by atoms with Crippen LogP contribution in [0.25, 0.3) is 0 Å². The minimum atomic E-state index is -1.51. The Hall–Kier alpha value is -1.36. The number of rotatable bonds is 4. The van der Waals surface area contributed by atoms with Gasteiger partial charge in [-0.05, 0) is 12.1 Å². The summed E-state index contributed by atoms with van der Waals surface area (Å²) < 4.78 is 36.5. The average molecular weight is 217 g/mol. The molecular formula is C10H13F2NO2. The monoisotopic (exact) mass is 217 g/mol. The number of methoxy groups -OCH3 is 2. The van der Waals surface area contributed by atoms with Crippen molar-refractivity contribution in [2.45, 2.75) is 6.17 Å². The highest BCUT2D eigenvalue weighted by atomic mass is 19.1. The van der Waals surface area contributed by atoms with Crippen LogP contribution in [0.5, 0.6) is 11.5 Å². The lowest BCUT2D eigenvalue weighted by Crippen LogP contribution is -2.11. The van der Waals surface area contributed by atoms with Crippen LogP contribution in [0.2, 0.25) is 0 Å². The molecule has 3 nitrogen and oxygen atoms in total. The number of benzene rings is 1. The number of halogens is 2. The van der Waals surface area contributed by atoms with Gasteiger partial charge in [0.15, 0.2) is 11.6 Å². The summed E-state index contributed by atoms with van der Waals surface area (Å²) >= 11 is 0. The SMILES string of the molecule is COc1ccc(F)c(OC)c1C(F)CN. The Morgan fingerprint density at radius 2 is 2.00 bits per heavy atom. The van der Waals surface area contributed by atoms with E-state index in [0.29, 0.717) is 0 Å². The molecule has 1 atom stereocenters. The first-order valence-electron chi connectivity index (χ1n) is 4.40. The average Bonchev–Trinajstić information content (AvgIpc) is 2.27. The summed E-state index contributed by atoms with van der Waals surface area (Å²) in [4.78, 5) is 0. The van der Waals surface area contributed by atoms with Gasteiger partial charge in [0.25, 0.3) is 0 Å². The molecule has 1 rings (SSSR count). The highest BCUT2D eigenvalue weighted by molar-refractivity contribution is 5.47. The Labute approximate surface area is 86.8 Å². The molecule has 0 saturated carbocycles. The molecule has 0 aliphatic rings. The van der Waals surface area contributed by atoms with E-state index < -0.39 is 12.0 Å². The Bertz CT molecular complexity index is 344. The van der Waals surface area contributed by atoms with Gasteiger partial charge >= 0.3 is 0 Å². The summed E-state index contributed by atoms with van der Waals surface area (Å²) in [7, 11) is 2.64. The normalized spacial score (nSPS) is 12.3. The lowest BCUT2D eigenvalue weighted by Gasteiger charge is -2.15. The first-order valence-corrected chi connectivity index (χ1v) is 4.40. The molecule has 0 fully saturated rings. The van der Waals surface area contributed by atoms with E-state index in [1.165, 1.54) is 20.3 Å². The number of nitrogens with two attached hydrogens (primary N) is 1. The summed E-state index contributed by atoms with van der Waals surface area (Å²) in [5.74, 6) is -0.567. The van der Waals surface area contributed by atoms with Crippen molar-refractivity contribution in [3.63, 3.8) is 0 Å². The quantitative estimate of drug-likeness (QED) is 0.836. The van der Waals surface area contributed by atoms with Crippen molar-refractivity contribution in [2.24, 2.45) is 5.73 Å². The number of alkyl halides is 1. The topological polar surface area (TPSA) is 44.5 Å². The van der Waals surface area contributed by atoms with Crippen LogP contribution in [-0.2, 0) is 0 Å². The van der Waals surface area contributed by atoms with Crippen molar-refractivity contribution < 1.29 is 18.3 Å². The van der Waals surface area contributed by atoms with Gasteiger partial charge in [-0.25, -0.2) is 8.78 Å². The van der Waals surface area contributed by atoms with Crippen molar-refractivity contribution >= 4 is 0 Å². The Morgan fingerprint density at radius 1 is 1.33 bits per heavy atom. The van der Waals surface area contributed by atoms with Crippen LogP contribution in [0.3, 0.4) is 0 Å². The third-order valence-corrected chi connectivity index (χ3v) is 2.05. The first kappa shape index (κ1) is 11.7. The molecule has 0 radical (unpaired) electrons. The summed E-state index contributed by atoms with van der Waals surface area (Å²) in [6.07, 6.45) is -1.51. The van der Waals surface area contributed by atoms with Crippen LogP contribution in [0.1, 0.15) is 11.7 Å². The molecule has 1 unspecified atom stereocenters. The maximum atomic E-state index is 13.5. The Morgan fingerprint density at radius 3 is 2.47 bits per heavy atom. The molecule has 1 aromatic rings. The minimum absolute atomic E-state index is 0.0162. The Kier molecular flexibility index (Phi) is 3.85. The largest absolute Gasteiger partial charge is 0.496 e. The van der Waals surface area contributed by atoms with Gasteiger partial charge in [-0.3, -0.25) is 0 Å². The summed E-state index contributed by atoms with van der Waals surface area (Å²) in [5.41, 5.74) is 5.21. The van der Waals surface area contributed by atoms with Gasteiger partial charge in [0.1, 0.15) is 11.9 Å². The van der Waals surface area contributed by atoms with E-state index in [2.05, 4.69) is 0 Å². The zero-order valence-corrected chi connectivity index (χ0v) is 8.59. The fourth-order valence-electron chi connectivity index (χ4n) is 1.35. The van der Waals surface area contributed by atoms with Crippen molar-refractivity contribution in [1.82, 2.24) is 0 Å². The maximum Gasteiger partial charge on any atom is 0.165 e. The van der Waals surface area contributed by atoms with Gasteiger partial charge in [0.05, 0.1) is 19.8 Å². The highest BCUT2D eigenvalue weighted by Gasteiger charge is 2.22. The second-order valence-electron chi connectivity index (χ2n) is 2.90. The minimum Gasteiger partial charge on any atom is -0.496 e. The van der Waals surface area contributed by atoms with Gasteiger partial charge in [0.2, 0.25) is 0 Å². The molecule has 0 aliphatic carbocycles. The molecule has 0 aliphatic heterocycles. The van der Waals surface area contributed by atoms with Crippen LogP contribution in [-0.4, -0.2) is 20.8 Å². The van der Waals surface area contributed by atoms with Crippen LogP contribution in [0.4, 0.5) is 8.78 Å². The number of hydrogen-bond donors (Lipinski definition) is 1. The smallest absolute Gasteiger partial charge is 0.165 e. The third-order valence-electron chi connectivity index (χ3n) is 2.05. The zero-order valence-electron chi connectivity index (χ0n) is 8.59. The fraction of sp³-hybridized carbons (Fsp3) is 0.400.